The van der Waals surface area contributed by atoms with Crippen molar-refractivity contribution in [1.82, 2.24) is 5.32 Å². The van der Waals surface area contributed by atoms with Gasteiger partial charge in [-0.1, -0.05) is 30.3 Å². The van der Waals surface area contributed by atoms with Gasteiger partial charge in [0.2, 0.25) is 0 Å². The third kappa shape index (κ3) is 2.11. The van der Waals surface area contributed by atoms with Gasteiger partial charge in [-0.05, 0) is 54.1 Å². The normalized spacial score (nSPS) is 19.2. The summed E-state index contributed by atoms with van der Waals surface area (Å²) >= 11 is 1.78. The zero-order chi connectivity index (χ0) is 12.4. The Hall–Kier alpha value is -1.12. The molecule has 2 heteroatoms. The third-order valence-electron chi connectivity index (χ3n) is 4.07. The molecule has 1 aromatic heterocycles. The van der Waals surface area contributed by atoms with Crippen molar-refractivity contribution >= 4 is 11.3 Å². The Balaban J connectivity index is 1.81. The molecule has 0 spiro atoms. The molecule has 3 rings (SSSR count). The lowest BCUT2D eigenvalue weighted by molar-refractivity contribution is 0.167. The first kappa shape index (κ1) is 11.9. The van der Waals surface area contributed by atoms with Crippen molar-refractivity contribution in [3.8, 4) is 0 Å². The van der Waals surface area contributed by atoms with Gasteiger partial charge in [0, 0.05) is 11.6 Å². The summed E-state index contributed by atoms with van der Waals surface area (Å²) in [5.41, 5.74) is 3.06. The summed E-state index contributed by atoms with van der Waals surface area (Å²) in [6.07, 6.45) is 3.84. The Morgan fingerprint density at radius 3 is 2.50 bits per heavy atom. The average molecular weight is 257 g/mol. The van der Waals surface area contributed by atoms with Crippen molar-refractivity contribution in [2.24, 2.45) is 0 Å². The quantitative estimate of drug-likeness (QED) is 0.851. The molecular formula is C16H19NS. The van der Waals surface area contributed by atoms with Gasteiger partial charge in [-0.25, -0.2) is 0 Å². The van der Waals surface area contributed by atoms with Crippen LogP contribution in [0.2, 0.25) is 0 Å². The summed E-state index contributed by atoms with van der Waals surface area (Å²) in [5.74, 6) is 0. The first-order valence-electron chi connectivity index (χ1n) is 6.65. The second-order valence-electron chi connectivity index (χ2n) is 5.22. The Morgan fingerprint density at radius 1 is 1.17 bits per heavy atom. The standard InChI is InChI=1S/C16H19NS/c1-13(14-8-11-18-12-14)17-16(9-5-10-16)15-6-3-2-4-7-15/h2-4,6-8,11-13,17H,5,9-10H2,1H3/t13-/m1/s1. The molecule has 1 saturated carbocycles. The van der Waals surface area contributed by atoms with Crippen molar-refractivity contribution in [2.75, 3.05) is 0 Å². The summed E-state index contributed by atoms with van der Waals surface area (Å²) < 4.78 is 0. The maximum absolute atomic E-state index is 3.86. The Morgan fingerprint density at radius 2 is 1.94 bits per heavy atom. The van der Waals surface area contributed by atoms with E-state index in [-0.39, 0.29) is 5.54 Å². The van der Waals surface area contributed by atoms with E-state index in [4.69, 9.17) is 0 Å². The fourth-order valence-electron chi connectivity index (χ4n) is 2.82. The van der Waals surface area contributed by atoms with Crippen molar-refractivity contribution in [3.05, 3.63) is 58.3 Å². The van der Waals surface area contributed by atoms with Gasteiger partial charge < -0.3 is 5.32 Å². The summed E-state index contributed by atoms with van der Waals surface area (Å²) in [4.78, 5) is 0. The minimum atomic E-state index is 0.211. The first-order chi connectivity index (χ1) is 8.80. The zero-order valence-electron chi connectivity index (χ0n) is 10.7. The van der Waals surface area contributed by atoms with E-state index in [0.29, 0.717) is 6.04 Å². The second-order valence-corrected chi connectivity index (χ2v) is 6.00. The van der Waals surface area contributed by atoms with Crippen LogP contribution in [-0.2, 0) is 5.54 Å². The van der Waals surface area contributed by atoms with Crippen molar-refractivity contribution in [2.45, 2.75) is 37.8 Å². The molecule has 94 valence electrons. The number of thiophene rings is 1. The lowest BCUT2D eigenvalue weighted by Gasteiger charge is -2.45. The molecule has 0 aliphatic heterocycles. The van der Waals surface area contributed by atoms with Gasteiger partial charge in [0.15, 0.2) is 0 Å². The van der Waals surface area contributed by atoms with E-state index >= 15 is 0 Å². The Bertz CT molecular complexity index is 485. The van der Waals surface area contributed by atoms with Crippen LogP contribution in [0.3, 0.4) is 0 Å². The maximum Gasteiger partial charge on any atom is 0.0439 e. The van der Waals surface area contributed by atoms with E-state index < -0.39 is 0 Å². The molecule has 0 amide bonds. The van der Waals surface area contributed by atoms with Crippen LogP contribution < -0.4 is 5.32 Å². The van der Waals surface area contributed by atoms with Crippen LogP contribution in [0.4, 0.5) is 0 Å². The molecule has 18 heavy (non-hydrogen) atoms. The van der Waals surface area contributed by atoms with Crippen molar-refractivity contribution in [3.63, 3.8) is 0 Å². The lowest BCUT2D eigenvalue weighted by Crippen LogP contribution is -2.48. The number of hydrogen-bond acceptors (Lipinski definition) is 2. The van der Waals surface area contributed by atoms with E-state index in [1.54, 1.807) is 11.3 Å². The molecule has 2 aromatic rings. The van der Waals surface area contributed by atoms with E-state index in [1.807, 2.05) is 0 Å². The van der Waals surface area contributed by atoms with Gasteiger partial charge in [-0.3, -0.25) is 0 Å². The second kappa shape index (κ2) is 4.87. The molecule has 0 saturated heterocycles. The molecule has 0 bridgehead atoms. The molecule has 0 unspecified atom stereocenters. The maximum atomic E-state index is 3.86. The predicted molar refractivity (Wildman–Crippen MR) is 77.8 cm³/mol. The smallest absolute Gasteiger partial charge is 0.0439 e. The van der Waals surface area contributed by atoms with E-state index in [0.717, 1.165) is 0 Å². The summed E-state index contributed by atoms with van der Waals surface area (Å²) in [6.45, 7) is 2.27. The molecular weight excluding hydrogens is 238 g/mol. The Labute approximate surface area is 113 Å². The highest BCUT2D eigenvalue weighted by molar-refractivity contribution is 7.07. The molecule has 1 aromatic carbocycles. The molecule has 1 atom stereocenters. The molecule has 1 aliphatic carbocycles. The van der Waals surface area contributed by atoms with Gasteiger partial charge in [0.1, 0.15) is 0 Å². The van der Waals surface area contributed by atoms with Crippen LogP contribution in [0, 0.1) is 0 Å². The minimum Gasteiger partial charge on any atom is -0.301 e. The molecule has 1 nitrogen and oxygen atoms in total. The number of nitrogens with one attached hydrogen (secondary N) is 1. The van der Waals surface area contributed by atoms with Crippen molar-refractivity contribution < 1.29 is 0 Å². The van der Waals surface area contributed by atoms with Crippen LogP contribution in [0.15, 0.2) is 47.2 Å². The van der Waals surface area contributed by atoms with Crippen LogP contribution in [0.25, 0.3) is 0 Å². The molecule has 1 aliphatic rings. The number of benzene rings is 1. The third-order valence-corrected chi connectivity index (χ3v) is 4.77. The van der Waals surface area contributed by atoms with Crippen LogP contribution in [0.5, 0.6) is 0 Å². The number of hydrogen-bond donors (Lipinski definition) is 1. The molecule has 1 heterocycles. The lowest BCUT2D eigenvalue weighted by atomic mass is 9.71. The fourth-order valence-corrected chi connectivity index (χ4v) is 3.58. The topological polar surface area (TPSA) is 12.0 Å². The summed E-state index contributed by atoms with van der Waals surface area (Å²) in [6, 6.07) is 13.5. The van der Waals surface area contributed by atoms with Crippen LogP contribution in [0.1, 0.15) is 43.4 Å². The fraction of sp³-hybridized carbons (Fsp3) is 0.375. The summed E-state index contributed by atoms with van der Waals surface area (Å²) in [5, 5.41) is 8.26. The largest absolute Gasteiger partial charge is 0.301 e. The summed E-state index contributed by atoms with van der Waals surface area (Å²) in [7, 11) is 0. The Kier molecular flexibility index (Phi) is 3.23. The van der Waals surface area contributed by atoms with Crippen LogP contribution >= 0.6 is 11.3 Å². The van der Waals surface area contributed by atoms with E-state index in [2.05, 4.69) is 59.4 Å². The van der Waals surface area contributed by atoms with Gasteiger partial charge in [0.05, 0.1) is 0 Å². The highest BCUT2D eigenvalue weighted by Crippen LogP contribution is 2.42. The van der Waals surface area contributed by atoms with E-state index in [9.17, 15) is 0 Å². The first-order valence-corrected chi connectivity index (χ1v) is 7.60. The SMILES string of the molecule is C[C@@H](NC1(c2ccccc2)CCC1)c1ccsc1. The predicted octanol–water partition coefficient (Wildman–Crippen LogP) is 4.48. The molecule has 0 radical (unpaired) electrons. The van der Waals surface area contributed by atoms with Crippen LogP contribution in [-0.4, -0.2) is 0 Å². The molecule has 1 fully saturated rings. The highest BCUT2D eigenvalue weighted by atomic mass is 32.1. The monoisotopic (exact) mass is 257 g/mol. The van der Waals surface area contributed by atoms with Gasteiger partial charge in [0.25, 0.3) is 0 Å². The average Bonchev–Trinajstić information content (AvgIpc) is 2.88. The number of rotatable bonds is 4. The van der Waals surface area contributed by atoms with Crippen molar-refractivity contribution in [1.29, 1.82) is 0 Å². The molecule has 1 N–H and O–H groups in total. The highest BCUT2D eigenvalue weighted by Gasteiger charge is 2.39. The minimum absolute atomic E-state index is 0.211. The zero-order valence-corrected chi connectivity index (χ0v) is 11.5. The van der Waals surface area contributed by atoms with Gasteiger partial charge in [-0.2, -0.15) is 11.3 Å². The van der Waals surface area contributed by atoms with E-state index in [1.165, 1.54) is 30.4 Å². The van der Waals surface area contributed by atoms with Gasteiger partial charge in [-0.15, -0.1) is 0 Å². The van der Waals surface area contributed by atoms with Gasteiger partial charge >= 0.3 is 0 Å².